The molecule has 0 radical (unpaired) electrons. The molecule has 0 spiro atoms. The highest BCUT2D eigenvalue weighted by Crippen LogP contribution is 2.28. The maximum Gasteiger partial charge on any atom is 0.240 e. The number of hydrogen-bond donors (Lipinski definition) is 2. The first-order valence-electron chi connectivity index (χ1n) is 7.29. The first-order chi connectivity index (χ1) is 9.56. The van der Waals surface area contributed by atoms with E-state index in [-0.39, 0.29) is 17.5 Å². The van der Waals surface area contributed by atoms with Gasteiger partial charge >= 0.3 is 0 Å². The maximum atomic E-state index is 12.4. The summed E-state index contributed by atoms with van der Waals surface area (Å²) in [5, 5.41) is 8.99. The summed E-state index contributed by atoms with van der Waals surface area (Å²) in [6, 6.07) is 6.45. The lowest BCUT2D eigenvalue weighted by molar-refractivity contribution is 0.281. The Morgan fingerprint density at radius 1 is 1.20 bits per heavy atom. The third-order valence-corrected chi connectivity index (χ3v) is 5.66. The molecule has 20 heavy (non-hydrogen) atoms. The highest BCUT2D eigenvalue weighted by Gasteiger charge is 2.28. The van der Waals surface area contributed by atoms with Crippen molar-refractivity contribution >= 4 is 10.0 Å². The Labute approximate surface area is 121 Å². The molecule has 0 aliphatic heterocycles. The van der Waals surface area contributed by atoms with Crippen molar-refractivity contribution in [2.45, 2.75) is 56.6 Å². The molecule has 1 aliphatic rings. The SMILES string of the molecule is CCC1CCCCC1NS(=O)(=O)c1ccc(CO)cc1. The molecule has 0 aromatic heterocycles. The molecule has 1 saturated carbocycles. The second kappa shape index (κ2) is 6.70. The van der Waals surface area contributed by atoms with Crippen LogP contribution in [0.15, 0.2) is 29.2 Å². The van der Waals surface area contributed by atoms with E-state index < -0.39 is 10.0 Å². The monoisotopic (exact) mass is 297 g/mol. The van der Waals surface area contributed by atoms with Gasteiger partial charge in [-0.05, 0) is 36.5 Å². The zero-order valence-electron chi connectivity index (χ0n) is 11.9. The predicted octanol–water partition coefficient (Wildman–Crippen LogP) is 2.43. The molecule has 1 fully saturated rings. The van der Waals surface area contributed by atoms with Crippen LogP contribution < -0.4 is 4.72 Å². The Morgan fingerprint density at radius 3 is 2.45 bits per heavy atom. The zero-order chi connectivity index (χ0) is 14.6. The first kappa shape index (κ1) is 15.5. The van der Waals surface area contributed by atoms with Crippen LogP contribution in [0.2, 0.25) is 0 Å². The van der Waals surface area contributed by atoms with E-state index in [4.69, 9.17) is 5.11 Å². The van der Waals surface area contributed by atoms with E-state index in [0.717, 1.165) is 25.7 Å². The minimum Gasteiger partial charge on any atom is -0.392 e. The van der Waals surface area contributed by atoms with Gasteiger partial charge in [0.05, 0.1) is 11.5 Å². The van der Waals surface area contributed by atoms with Gasteiger partial charge in [0.15, 0.2) is 0 Å². The molecule has 1 aromatic carbocycles. The second-order valence-electron chi connectivity index (χ2n) is 5.48. The van der Waals surface area contributed by atoms with Gasteiger partial charge in [-0.3, -0.25) is 0 Å². The molecule has 2 rings (SSSR count). The average Bonchev–Trinajstić information content (AvgIpc) is 2.47. The van der Waals surface area contributed by atoms with Gasteiger partial charge in [0, 0.05) is 6.04 Å². The highest BCUT2D eigenvalue weighted by atomic mass is 32.2. The van der Waals surface area contributed by atoms with Crippen LogP contribution in [0.4, 0.5) is 0 Å². The molecular weight excluding hydrogens is 274 g/mol. The Kier molecular flexibility index (Phi) is 5.18. The third-order valence-electron chi connectivity index (χ3n) is 4.16. The second-order valence-corrected chi connectivity index (χ2v) is 7.20. The normalized spacial score (nSPS) is 23.7. The van der Waals surface area contributed by atoms with Crippen LogP contribution in [-0.4, -0.2) is 19.6 Å². The lowest BCUT2D eigenvalue weighted by Gasteiger charge is -2.31. The van der Waals surface area contributed by atoms with E-state index in [1.807, 2.05) is 0 Å². The lowest BCUT2D eigenvalue weighted by atomic mass is 9.83. The topological polar surface area (TPSA) is 66.4 Å². The number of benzene rings is 1. The van der Waals surface area contributed by atoms with E-state index in [2.05, 4.69) is 11.6 Å². The molecule has 0 bridgehead atoms. The summed E-state index contributed by atoms with van der Waals surface area (Å²) < 4.78 is 27.6. The highest BCUT2D eigenvalue weighted by molar-refractivity contribution is 7.89. The van der Waals surface area contributed by atoms with Crippen LogP contribution in [0.5, 0.6) is 0 Å². The molecule has 0 saturated heterocycles. The smallest absolute Gasteiger partial charge is 0.240 e. The van der Waals surface area contributed by atoms with Crippen LogP contribution >= 0.6 is 0 Å². The molecule has 4 nitrogen and oxygen atoms in total. The molecule has 1 aromatic rings. The molecular formula is C15H23NO3S. The van der Waals surface area contributed by atoms with Gasteiger partial charge in [0.2, 0.25) is 10.0 Å². The Balaban J connectivity index is 2.12. The van der Waals surface area contributed by atoms with Crippen molar-refractivity contribution in [1.82, 2.24) is 4.72 Å². The fraction of sp³-hybridized carbons (Fsp3) is 0.600. The van der Waals surface area contributed by atoms with Crippen LogP contribution in [-0.2, 0) is 16.6 Å². The van der Waals surface area contributed by atoms with Crippen LogP contribution in [0.1, 0.15) is 44.6 Å². The van der Waals surface area contributed by atoms with Crippen molar-refractivity contribution < 1.29 is 13.5 Å². The van der Waals surface area contributed by atoms with E-state index in [1.165, 1.54) is 6.42 Å². The standard InChI is InChI=1S/C15H23NO3S/c1-2-13-5-3-4-6-15(13)16-20(18,19)14-9-7-12(11-17)8-10-14/h7-10,13,15-17H,2-6,11H2,1H3. The number of aliphatic hydroxyl groups excluding tert-OH is 1. The van der Waals surface area contributed by atoms with Crippen molar-refractivity contribution in [3.8, 4) is 0 Å². The van der Waals surface area contributed by atoms with Crippen LogP contribution in [0.3, 0.4) is 0 Å². The largest absolute Gasteiger partial charge is 0.392 e. The molecule has 1 aliphatic carbocycles. The molecule has 2 N–H and O–H groups in total. The average molecular weight is 297 g/mol. The minimum absolute atomic E-state index is 0.0521. The summed E-state index contributed by atoms with van der Waals surface area (Å²) in [5.41, 5.74) is 0.716. The summed E-state index contributed by atoms with van der Waals surface area (Å²) >= 11 is 0. The van der Waals surface area contributed by atoms with Crippen LogP contribution in [0, 0.1) is 5.92 Å². The fourth-order valence-corrected chi connectivity index (χ4v) is 4.23. The van der Waals surface area contributed by atoms with Gasteiger partial charge in [-0.25, -0.2) is 13.1 Å². The third kappa shape index (κ3) is 3.59. The summed E-state index contributed by atoms with van der Waals surface area (Å²) in [6.45, 7) is 2.04. The summed E-state index contributed by atoms with van der Waals surface area (Å²) in [7, 11) is -3.46. The quantitative estimate of drug-likeness (QED) is 0.877. The van der Waals surface area contributed by atoms with Gasteiger partial charge in [-0.1, -0.05) is 38.3 Å². The number of aliphatic hydroxyl groups is 1. The van der Waals surface area contributed by atoms with E-state index >= 15 is 0 Å². The van der Waals surface area contributed by atoms with Gasteiger partial charge in [-0.15, -0.1) is 0 Å². The van der Waals surface area contributed by atoms with E-state index in [9.17, 15) is 8.42 Å². The summed E-state index contributed by atoms with van der Waals surface area (Å²) in [5.74, 6) is 0.440. The van der Waals surface area contributed by atoms with Gasteiger partial charge in [0.1, 0.15) is 0 Å². The molecule has 2 atom stereocenters. The molecule has 0 amide bonds. The number of rotatable bonds is 5. The minimum atomic E-state index is -3.46. The first-order valence-corrected chi connectivity index (χ1v) is 8.77. The van der Waals surface area contributed by atoms with Gasteiger partial charge in [-0.2, -0.15) is 0 Å². The van der Waals surface area contributed by atoms with E-state index in [1.54, 1.807) is 24.3 Å². The Morgan fingerprint density at radius 2 is 1.85 bits per heavy atom. The fourth-order valence-electron chi connectivity index (χ4n) is 2.89. The van der Waals surface area contributed by atoms with Crippen molar-refractivity contribution in [3.05, 3.63) is 29.8 Å². The molecule has 5 heteroatoms. The van der Waals surface area contributed by atoms with Crippen molar-refractivity contribution in [1.29, 1.82) is 0 Å². The molecule has 0 heterocycles. The Hall–Kier alpha value is -0.910. The number of hydrogen-bond acceptors (Lipinski definition) is 3. The number of sulfonamides is 1. The predicted molar refractivity (Wildman–Crippen MR) is 78.7 cm³/mol. The lowest BCUT2D eigenvalue weighted by Crippen LogP contribution is -2.41. The zero-order valence-corrected chi connectivity index (χ0v) is 12.7. The summed E-state index contributed by atoms with van der Waals surface area (Å²) in [6.07, 6.45) is 5.32. The van der Waals surface area contributed by atoms with Gasteiger partial charge in [0.25, 0.3) is 0 Å². The maximum absolute atomic E-state index is 12.4. The molecule has 2 unspecified atom stereocenters. The van der Waals surface area contributed by atoms with Gasteiger partial charge < -0.3 is 5.11 Å². The molecule has 112 valence electrons. The Bertz CT molecular complexity index is 525. The van der Waals surface area contributed by atoms with Crippen molar-refractivity contribution in [2.75, 3.05) is 0 Å². The van der Waals surface area contributed by atoms with Crippen LogP contribution in [0.25, 0.3) is 0 Å². The summed E-state index contributed by atoms with van der Waals surface area (Å²) in [4.78, 5) is 0.273. The van der Waals surface area contributed by atoms with E-state index in [0.29, 0.717) is 11.5 Å². The van der Waals surface area contributed by atoms with Crippen molar-refractivity contribution in [2.24, 2.45) is 5.92 Å². The van der Waals surface area contributed by atoms with Crippen molar-refractivity contribution in [3.63, 3.8) is 0 Å². The number of nitrogens with one attached hydrogen (secondary N) is 1.